The van der Waals surface area contributed by atoms with E-state index in [1.54, 1.807) is 0 Å². The lowest BCUT2D eigenvalue weighted by molar-refractivity contribution is 1.18. The zero-order chi connectivity index (χ0) is 35.2. The average molecular weight is 682 g/mol. The summed E-state index contributed by atoms with van der Waals surface area (Å²) in [5, 5.41) is 21.0. The average Bonchev–Trinajstić information content (AvgIpc) is 3.55. The molecule has 13 rings (SSSR count). The van der Waals surface area contributed by atoms with Crippen molar-refractivity contribution in [3.05, 3.63) is 175 Å². The first-order valence-electron chi connectivity index (χ1n) is 18.9. The van der Waals surface area contributed by atoms with Crippen LogP contribution in [-0.2, 0) is 0 Å². The van der Waals surface area contributed by atoms with Crippen LogP contribution in [0.4, 0.5) is 0 Å². The predicted molar refractivity (Wildman–Crippen MR) is 232 cm³/mol. The number of benzene rings is 12. The second-order valence-electron chi connectivity index (χ2n) is 15.4. The maximum Gasteiger partial charge on any atom is 0.0553 e. The number of rotatable bonds is 3. The third kappa shape index (κ3) is 3.78. The molecular formula is C53H31N. The molecular weight excluding hydrogens is 651 g/mol. The van der Waals surface area contributed by atoms with Crippen LogP contribution < -0.4 is 0 Å². The minimum absolute atomic E-state index is 1.18. The molecule has 1 heteroatoms. The molecule has 1 nitrogen and oxygen atoms in total. The molecule has 0 aliphatic carbocycles. The Morgan fingerprint density at radius 1 is 0.278 bits per heavy atom. The molecule has 0 saturated heterocycles. The number of nitrogens with zero attached hydrogens (tertiary/aromatic N) is 1. The minimum Gasteiger partial charge on any atom is -0.309 e. The Labute approximate surface area is 310 Å². The normalized spacial score (nSPS) is 12.5. The number of hydrogen-bond acceptors (Lipinski definition) is 0. The zero-order valence-corrected chi connectivity index (χ0v) is 29.6. The van der Waals surface area contributed by atoms with Gasteiger partial charge in [0.1, 0.15) is 0 Å². The fourth-order valence-corrected chi connectivity index (χ4v) is 9.91. The smallest absolute Gasteiger partial charge is 0.0553 e. The highest BCUT2D eigenvalue weighted by Crippen LogP contribution is 2.45. The molecule has 0 N–H and O–H groups in total. The van der Waals surface area contributed by atoms with E-state index in [1.165, 1.54) is 131 Å². The van der Waals surface area contributed by atoms with Gasteiger partial charge in [-0.1, -0.05) is 115 Å². The van der Waals surface area contributed by atoms with E-state index in [1.807, 2.05) is 0 Å². The standard InChI is InChI=1S/C53H31N/c1-30-8-20-45(21-9-30)54-46-28-43(41-22-35-14-10-31-4-2-5-32-11-15-36(23-41)50(35)48(31)32)26-39-18-19-40-27-44(29-47(54)53(40)52(39)46)42-24-37-16-12-33-6-3-7-34-13-17-38(25-42)51(37)49(33)34/h2-29H,1H3. The van der Waals surface area contributed by atoms with Gasteiger partial charge in [0.2, 0.25) is 0 Å². The van der Waals surface area contributed by atoms with E-state index in [4.69, 9.17) is 0 Å². The maximum atomic E-state index is 2.51. The zero-order valence-electron chi connectivity index (χ0n) is 29.6. The van der Waals surface area contributed by atoms with E-state index < -0.39 is 0 Å². The van der Waals surface area contributed by atoms with Gasteiger partial charge in [-0.15, -0.1) is 0 Å². The molecule has 1 heterocycles. The van der Waals surface area contributed by atoms with Crippen LogP contribution in [0.3, 0.4) is 0 Å². The van der Waals surface area contributed by atoms with Crippen molar-refractivity contribution in [3.63, 3.8) is 0 Å². The summed E-state index contributed by atoms with van der Waals surface area (Å²) in [7, 11) is 0. The molecule has 0 fully saturated rings. The van der Waals surface area contributed by atoms with E-state index in [-0.39, 0.29) is 0 Å². The molecule has 0 aliphatic heterocycles. The molecule has 0 spiro atoms. The van der Waals surface area contributed by atoms with Crippen LogP contribution in [-0.4, -0.2) is 4.57 Å². The van der Waals surface area contributed by atoms with Crippen LogP contribution in [0.25, 0.3) is 125 Å². The van der Waals surface area contributed by atoms with E-state index in [0.29, 0.717) is 0 Å². The summed E-state index contributed by atoms with van der Waals surface area (Å²) in [5.74, 6) is 0. The highest BCUT2D eigenvalue weighted by atomic mass is 15.0. The van der Waals surface area contributed by atoms with Gasteiger partial charge < -0.3 is 4.57 Å². The van der Waals surface area contributed by atoms with E-state index in [9.17, 15) is 0 Å². The Hall–Kier alpha value is -6.96. The van der Waals surface area contributed by atoms with E-state index >= 15 is 0 Å². The van der Waals surface area contributed by atoms with E-state index in [0.717, 1.165) is 0 Å². The lowest BCUT2D eigenvalue weighted by Gasteiger charge is -2.14. The Bertz CT molecular complexity index is 3310. The molecule has 0 amide bonds. The first-order chi connectivity index (χ1) is 26.6. The number of hydrogen-bond donors (Lipinski definition) is 0. The first kappa shape index (κ1) is 28.6. The molecule has 0 atom stereocenters. The van der Waals surface area contributed by atoms with Crippen LogP contribution in [0.15, 0.2) is 170 Å². The Kier molecular flexibility index (Phi) is 5.36. The van der Waals surface area contributed by atoms with Crippen molar-refractivity contribution < 1.29 is 0 Å². The van der Waals surface area contributed by atoms with Gasteiger partial charge in [-0.05, 0) is 165 Å². The molecule has 1 aromatic heterocycles. The van der Waals surface area contributed by atoms with Crippen LogP contribution in [0.1, 0.15) is 5.56 Å². The fourth-order valence-electron chi connectivity index (χ4n) is 9.91. The second kappa shape index (κ2) is 10.1. The van der Waals surface area contributed by atoms with E-state index in [2.05, 4.69) is 181 Å². The molecule has 12 aromatic carbocycles. The van der Waals surface area contributed by atoms with Crippen molar-refractivity contribution in [2.45, 2.75) is 6.92 Å². The highest BCUT2D eigenvalue weighted by molar-refractivity contribution is 6.28. The van der Waals surface area contributed by atoms with Crippen LogP contribution in [0, 0.1) is 6.92 Å². The highest BCUT2D eigenvalue weighted by Gasteiger charge is 2.21. The van der Waals surface area contributed by atoms with Crippen molar-refractivity contribution in [2.24, 2.45) is 0 Å². The third-order valence-corrected chi connectivity index (χ3v) is 12.4. The molecule has 0 unspecified atom stereocenters. The van der Waals surface area contributed by atoms with Crippen molar-refractivity contribution in [2.75, 3.05) is 0 Å². The molecule has 0 bridgehead atoms. The van der Waals surface area contributed by atoms with Crippen molar-refractivity contribution in [3.8, 4) is 27.9 Å². The molecule has 13 aromatic rings. The molecule has 0 radical (unpaired) electrons. The van der Waals surface area contributed by atoms with Crippen molar-refractivity contribution in [1.82, 2.24) is 4.57 Å². The van der Waals surface area contributed by atoms with Gasteiger partial charge in [-0.25, -0.2) is 0 Å². The summed E-state index contributed by atoms with van der Waals surface area (Å²) < 4.78 is 2.51. The monoisotopic (exact) mass is 681 g/mol. The van der Waals surface area contributed by atoms with Gasteiger partial charge in [-0.2, -0.15) is 0 Å². The Morgan fingerprint density at radius 2 is 0.574 bits per heavy atom. The number of aryl methyl sites for hydroxylation is 1. The first-order valence-corrected chi connectivity index (χ1v) is 18.9. The Morgan fingerprint density at radius 3 is 0.944 bits per heavy atom. The molecule has 54 heavy (non-hydrogen) atoms. The van der Waals surface area contributed by atoms with Gasteiger partial charge in [0, 0.05) is 16.5 Å². The van der Waals surface area contributed by atoms with Crippen LogP contribution in [0.2, 0.25) is 0 Å². The maximum absolute atomic E-state index is 2.51. The van der Waals surface area contributed by atoms with Gasteiger partial charge in [0.25, 0.3) is 0 Å². The van der Waals surface area contributed by atoms with Crippen LogP contribution in [0.5, 0.6) is 0 Å². The lowest BCUT2D eigenvalue weighted by Crippen LogP contribution is -1.94. The van der Waals surface area contributed by atoms with Crippen LogP contribution >= 0.6 is 0 Å². The van der Waals surface area contributed by atoms with Gasteiger partial charge in [0.15, 0.2) is 0 Å². The summed E-state index contributed by atoms with van der Waals surface area (Å²) in [4.78, 5) is 0. The summed E-state index contributed by atoms with van der Waals surface area (Å²) in [6.45, 7) is 2.17. The lowest BCUT2D eigenvalue weighted by atomic mass is 9.90. The molecule has 0 aliphatic rings. The van der Waals surface area contributed by atoms with Gasteiger partial charge in [0.05, 0.1) is 11.0 Å². The van der Waals surface area contributed by atoms with Gasteiger partial charge >= 0.3 is 0 Å². The fraction of sp³-hybridized carbons (Fsp3) is 0.0189. The molecule has 248 valence electrons. The predicted octanol–water partition coefficient (Wildman–Crippen LogP) is 14.8. The number of aromatic nitrogens is 1. The molecule has 0 saturated carbocycles. The minimum atomic E-state index is 1.18. The quantitative estimate of drug-likeness (QED) is 0.164. The largest absolute Gasteiger partial charge is 0.309 e. The third-order valence-electron chi connectivity index (χ3n) is 12.4. The van der Waals surface area contributed by atoms with Crippen molar-refractivity contribution in [1.29, 1.82) is 0 Å². The second-order valence-corrected chi connectivity index (χ2v) is 15.4. The summed E-state index contributed by atoms with van der Waals surface area (Å²) in [5.41, 5.74) is 9.88. The Balaban J connectivity index is 1.08. The summed E-state index contributed by atoms with van der Waals surface area (Å²) in [6, 6.07) is 64.5. The van der Waals surface area contributed by atoms with Gasteiger partial charge in [-0.3, -0.25) is 0 Å². The topological polar surface area (TPSA) is 4.93 Å². The summed E-state index contributed by atoms with van der Waals surface area (Å²) >= 11 is 0. The van der Waals surface area contributed by atoms with Crippen molar-refractivity contribution >= 4 is 97.2 Å². The summed E-state index contributed by atoms with van der Waals surface area (Å²) in [6.07, 6.45) is 0. The SMILES string of the molecule is Cc1ccc(-n2c3cc(-c4cc5ccc6cccc7ccc(c4)c5c67)cc4ccc5cc(-c6cc7ccc8cccc9ccc(c6)c7c89)cc2c5c43)cc1.